The third kappa shape index (κ3) is 1.84. The number of carbonyl (C=O) groups is 2. The highest BCUT2D eigenvalue weighted by Crippen LogP contribution is 2.28. The van der Waals surface area contributed by atoms with Crippen molar-refractivity contribution >= 4 is 30.4 Å². The molecule has 1 saturated heterocycles. The predicted octanol–water partition coefficient (Wildman–Crippen LogP) is 1.56. The van der Waals surface area contributed by atoms with Crippen LogP contribution in [0.5, 0.6) is 0 Å². The number of aliphatic imine (C=N–C) groups is 1. The summed E-state index contributed by atoms with van der Waals surface area (Å²) >= 11 is 0. The molecule has 1 fully saturated rings. The van der Waals surface area contributed by atoms with Gasteiger partial charge in [0, 0.05) is 12.4 Å². The number of carbonyl (C=O) groups excluding carboxylic acids is 2. The van der Waals surface area contributed by atoms with Crippen molar-refractivity contribution in [2.45, 2.75) is 6.54 Å². The zero-order chi connectivity index (χ0) is 11.8. The average Bonchev–Trinajstić information content (AvgIpc) is 2.91. The molecule has 0 spiro atoms. The number of halogens is 1. The van der Waals surface area contributed by atoms with E-state index < -0.39 is 5.92 Å². The number of hydrogen-bond acceptors (Lipinski definition) is 3. The molecule has 0 aromatic heterocycles. The van der Waals surface area contributed by atoms with Gasteiger partial charge in [0.1, 0.15) is 5.92 Å². The molecule has 18 heavy (non-hydrogen) atoms. The van der Waals surface area contributed by atoms with E-state index in [0.29, 0.717) is 12.1 Å². The molecule has 1 aromatic rings. The topological polar surface area (TPSA) is 49.7 Å². The van der Waals surface area contributed by atoms with Crippen LogP contribution in [0, 0.1) is 5.92 Å². The lowest BCUT2D eigenvalue weighted by molar-refractivity contribution is -0.138. The Balaban J connectivity index is 0.00000120. The van der Waals surface area contributed by atoms with Crippen molar-refractivity contribution in [3.05, 3.63) is 47.7 Å². The number of amides is 2. The summed E-state index contributed by atoms with van der Waals surface area (Å²) in [5.74, 6) is -0.848. The molecule has 1 unspecified atom stereocenters. The van der Waals surface area contributed by atoms with Crippen LogP contribution in [0.1, 0.15) is 5.56 Å². The maximum atomic E-state index is 12.0. The first-order chi connectivity index (χ1) is 8.27. The minimum absolute atomic E-state index is 0. The van der Waals surface area contributed by atoms with E-state index in [1.165, 1.54) is 17.3 Å². The lowest BCUT2D eigenvalue weighted by Crippen LogP contribution is -2.30. The van der Waals surface area contributed by atoms with Crippen LogP contribution in [0.3, 0.4) is 0 Å². The van der Waals surface area contributed by atoms with Gasteiger partial charge in [0.25, 0.3) is 5.91 Å². The second-order valence-electron chi connectivity index (χ2n) is 4.08. The third-order valence-corrected chi connectivity index (χ3v) is 2.99. The Morgan fingerprint density at radius 1 is 1.17 bits per heavy atom. The predicted molar refractivity (Wildman–Crippen MR) is 69.3 cm³/mol. The van der Waals surface area contributed by atoms with Gasteiger partial charge in [-0.3, -0.25) is 19.5 Å². The highest BCUT2D eigenvalue weighted by Gasteiger charge is 2.43. The van der Waals surface area contributed by atoms with Crippen molar-refractivity contribution in [1.82, 2.24) is 4.90 Å². The Hall–Kier alpha value is -1.94. The van der Waals surface area contributed by atoms with E-state index in [0.717, 1.165) is 5.56 Å². The SMILES string of the molecule is Cl.O=C1C2=CN=CC2C(=O)N1Cc1ccccc1. The Morgan fingerprint density at radius 2 is 1.89 bits per heavy atom. The summed E-state index contributed by atoms with van der Waals surface area (Å²) in [4.78, 5) is 29.1. The minimum atomic E-state index is -0.453. The van der Waals surface area contributed by atoms with Crippen molar-refractivity contribution in [2.75, 3.05) is 0 Å². The quantitative estimate of drug-likeness (QED) is 0.760. The van der Waals surface area contributed by atoms with Gasteiger partial charge in [-0.1, -0.05) is 30.3 Å². The number of imide groups is 1. The summed E-state index contributed by atoms with van der Waals surface area (Å²) in [7, 11) is 0. The molecule has 2 amide bonds. The molecule has 0 saturated carbocycles. The molecular formula is C13H11ClN2O2. The Bertz CT molecular complexity index is 551. The van der Waals surface area contributed by atoms with E-state index in [1.54, 1.807) is 0 Å². The zero-order valence-electron chi connectivity index (χ0n) is 9.45. The number of nitrogens with zero attached hydrogens (tertiary/aromatic N) is 2. The van der Waals surface area contributed by atoms with E-state index >= 15 is 0 Å². The lowest BCUT2D eigenvalue weighted by atomic mass is 10.1. The minimum Gasteiger partial charge on any atom is -0.273 e. The molecule has 5 heteroatoms. The second kappa shape index (κ2) is 4.74. The van der Waals surface area contributed by atoms with Crippen molar-refractivity contribution in [1.29, 1.82) is 0 Å². The first-order valence-corrected chi connectivity index (χ1v) is 5.40. The van der Waals surface area contributed by atoms with Crippen LogP contribution in [0.15, 0.2) is 47.1 Å². The maximum Gasteiger partial charge on any atom is 0.259 e. The molecule has 92 valence electrons. The largest absolute Gasteiger partial charge is 0.273 e. The Labute approximate surface area is 110 Å². The van der Waals surface area contributed by atoms with Gasteiger partial charge in [0.15, 0.2) is 0 Å². The van der Waals surface area contributed by atoms with Gasteiger partial charge in [0.2, 0.25) is 5.91 Å². The Kier molecular flexibility index (Phi) is 3.30. The lowest BCUT2D eigenvalue weighted by Gasteiger charge is -2.13. The number of likely N-dealkylation sites (tertiary alicyclic amines) is 1. The molecule has 1 aromatic carbocycles. The second-order valence-corrected chi connectivity index (χ2v) is 4.08. The fraction of sp³-hybridized carbons (Fsp3) is 0.154. The van der Waals surface area contributed by atoms with Crippen LogP contribution < -0.4 is 0 Å². The zero-order valence-corrected chi connectivity index (χ0v) is 10.3. The molecule has 4 nitrogen and oxygen atoms in total. The summed E-state index contributed by atoms with van der Waals surface area (Å²) in [6.45, 7) is 0.334. The van der Waals surface area contributed by atoms with Crippen LogP contribution in [0.25, 0.3) is 0 Å². The van der Waals surface area contributed by atoms with Crippen LogP contribution in [-0.2, 0) is 16.1 Å². The first-order valence-electron chi connectivity index (χ1n) is 5.40. The summed E-state index contributed by atoms with van der Waals surface area (Å²) < 4.78 is 0. The molecule has 2 heterocycles. The number of fused-ring (bicyclic) bond motifs is 1. The number of benzene rings is 1. The smallest absolute Gasteiger partial charge is 0.259 e. The Morgan fingerprint density at radius 3 is 2.56 bits per heavy atom. The van der Waals surface area contributed by atoms with Crippen LogP contribution in [0.2, 0.25) is 0 Å². The third-order valence-electron chi connectivity index (χ3n) is 2.99. The number of rotatable bonds is 2. The number of hydrogen-bond donors (Lipinski definition) is 0. The molecule has 1 atom stereocenters. The normalized spacial score (nSPS) is 20.8. The van der Waals surface area contributed by atoms with Crippen LogP contribution in [-0.4, -0.2) is 22.9 Å². The monoisotopic (exact) mass is 262 g/mol. The van der Waals surface area contributed by atoms with Gasteiger partial charge >= 0.3 is 0 Å². The summed E-state index contributed by atoms with van der Waals surface area (Å²) in [6.07, 6.45) is 3.01. The first kappa shape index (κ1) is 12.5. The molecule has 0 aliphatic carbocycles. The molecule has 0 N–H and O–H groups in total. The molecule has 2 aliphatic heterocycles. The van der Waals surface area contributed by atoms with Crippen molar-refractivity contribution < 1.29 is 9.59 Å². The summed E-state index contributed by atoms with van der Waals surface area (Å²) in [6, 6.07) is 9.49. The molecule has 0 bridgehead atoms. The van der Waals surface area contributed by atoms with E-state index in [2.05, 4.69) is 4.99 Å². The van der Waals surface area contributed by atoms with Gasteiger partial charge in [-0.25, -0.2) is 0 Å². The van der Waals surface area contributed by atoms with Gasteiger partial charge in [-0.05, 0) is 5.56 Å². The van der Waals surface area contributed by atoms with Gasteiger partial charge < -0.3 is 0 Å². The highest BCUT2D eigenvalue weighted by atomic mass is 35.5. The van der Waals surface area contributed by atoms with Gasteiger partial charge in [0.05, 0.1) is 12.1 Å². The highest BCUT2D eigenvalue weighted by molar-refractivity contribution is 6.21. The maximum absolute atomic E-state index is 12.0. The molecule has 0 radical (unpaired) electrons. The van der Waals surface area contributed by atoms with Crippen molar-refractivity contribution in [3.63, 3.8) is 0 Å². The van der Waals surface area contributed by atoms with Gasteiger partial charge in [-0.15, -0.1) is 12.4 Å². The average molecular weight is 263 g/mol. The molecule has 2 aliphatic rings. The van der Waals surface area contributed by atoms with Crippen LogP contribution in [0.4, 0.5) is 0 Å². The van der Waals surface area contributed by atoms with E-state index in [-0.39, 0.29) is 24.2 Å². The van der Waals surface area contributed by atoms with E-state index in [1.807, 2.05) is 30.3 Å². The van der Waals surface area contributed by atoms with Crippen molar-refractivity contribution in [2.24, 2.45) is 10.9 Å². The fourth-order valence-corrected chi connectivity index (χ4v) is 2.09. The standard InChI is InChI=1S/C13H10N2O2.ClH/c16-12-10-6-14-7-11(10)13(17)15(12)8-9-4-2-1-3-5-9;/h1-7,10H,8H2;1H. The van der Waals surface area contributed by atoms with E-state index in [9.17, 15) is 9.59 Å². The van der Waals surface area contributed by atoms with E-state index in [4.69, 9.17) is 0 Å². The summed E-state index contributed by atoms with van der Waals surface area (Å²) in [5, 5.41) is 0. The van der Waals surface area contributed by atoms with Gasteiger partial charge in [-0.2, -0.15) is 0 Å². The van der Waals surface area contributed by atoms with Crippen molar-refractivity contribution in [3.8, 4) is 0 Å². The molecular weight excluding hydrogens is 252 g/mol. The summed E-state index contributed by atoms with van der Waals surface area (Å²) in [5.41, 5.74) is 1.44. The fourth-order valence-electron chi connectivity index (χ4n) is 2.09. The van der Waals surface area contributed by atoms with Crippen LogP contribution >= 0.6 is 12.4 Å². The molecule has 3 rings (SSSR count).